The Morgan fingerprint density at radius 1 is 1.37 bits per heavy atom. The highest BCUT2D eigenvalue weighted by atomic mass is 32.2. The van der Waals surface area contributed by atoms with E-state index in [1.807, 2.05) is 13.0 Å². The lowest BCUT2D eigenvalue weighted by atomic mass is 10.1. The fraction of sp³-hybridized carbons (Fsp3) is 0.538. The molecule has 106 valence electrons. The summed E-state index contributed by atoms with van der Waals surface area (Å²) in [5.74, 6) is 0. The first-order valence-corrected chi connectivity index (χ1v) is 7.88. The lowest BCUT2D eigenvalue weighted by Gasteiger charge is -2.20. The first-order chi connectivity index (χ1) is 8.85. The van der Waals surface area contributed by atoms with Gasteiger partial charge in [0.2, 0.25) is 0 Å². The highest BCUT2D eigenvalue weighted by Gasteiger charge is 2.21. The SMILES string of the molecule is CCN1CCc2cc(C)c(NS(=O)(=O)N(C)C)cc21. The predicted molar refractivity (Wildman–Crippen MR) is 79.0 cm³/mol. The smallest absolute Gasteiger partial charge is 0.301 e. The quantitative estimate of drug-likeness (QED) is 0.913. The van der Waals surface area contributed by atoms with Gasteiger partial charge in [-0.05, 0) is 37.5 Å². The summed E-state index contributed by atoms with van der Waals surface area (Å²) < 4.78 is 27.6. The number of anilines is 2. The summed E-state index contributed by atoms with van der Waals surface area (Å²) in [7, 11) is -0.416. The number of hydrogen-bond acceptors (Lipinski definition) is 3. The van der Waals surface area contributed by atoms with Crippen molar-refractivity contribution in [2.45, 2.75) is 20.3 Å². The van der Waals surface area contributed by atoms with E-state index in [2.05, 4.69) is 22.6 Å². The van der Waals surface area contributed by atoms with Crippen LogP contribution in [-0.4, -0.2) is 39.9 Å². The van der Waals surface area contributed by atoms with Crippen LogP contribution in [0, 0.1) is 6.92 Å². The van der Waals surface area contributed by atoms with Crippen molar-refractivity contribution < 1.29 is 8.42 Å². The predicted octanol–water partition coefficient (Wildman–Crippen LogP) is 1.60. The zero-order chi connectivity index (χ0) is 14.2. The van der Waals surface area contributed by atoms with Crippen molar-refractivity contribution in [2.24, 2.45) is 0 Å². The fourth-order valence-electron chi connectivity index (χ4n) is 2.30. The van der Waals surface area contributed by atoms with Gasteiger partial charge in [0, 0.05) is 32.9 Å². The molecule has 0 amide bonds. The molecular formula is C13H21N3O2S. The summed E-state index contributed by atoms with van der Waals surface area (Å²) in [5, 5.41) is 0. The monoisotopic (exact) mass is 283 g/mol. The van der Waals surface area contributed by atoms with E-state index in [1.165, 1.54) is 24.0 Å². The molecule has 1 aliphatic rings. The molecule has 0 unspecified atom stereocenters. The number of hydrogen-bond donors (Lipinski definition) is 1. The Hall–Kier alpha value is -1.27. The van der Waals surface area contributed by atoms with Crippen LogP contribution in [-0.2, 0) is 16.6 Å². The van der Waals surface area contributed by atoms with Crippen LogP contribution < -0.4 is 9.62 Å². The number of rotatable bonds is 4. The molecule has 0 saturated carbocycles. The summed E-state index contributed by atoms with van der Waals surface area (Å²) in [6.07, 6.45) is 1.03. The maximum Gasteiger partial charge on any atom is 0.301 e. The van der Waals surface area contributed by atoms with E-state index in [1.54, 1.807) is 0 Å². The molecule has 0 fully saturated rings. The summed E-state index contributed by atoms with van der Waals surface area (Å²) in [6.45, 7) is 5.99. The molecule has 0 radical (unpaired) electrons. The van der Waals surface area contributed by atoms with Crippen LogP contribution in [0.5, 0.6) is 0 Å². The molecule has 1 aromatic carbocycles. The highest BCUT2D eigenvalue weighted by Crippen LogP contribution is 2.33. The number of aryl methyl sites for hydroxylation is 1. The van der Waals surface area contributed by atoms with Crippen molar-refractivity contribution in [1.82, 2.24) is 4.31 Å². The third-order valence-electron chi connectivity index (χ3n) is 3.52. The maximum atomic E-state index is 11.9. The highest BCUT2D eigenvalue weighted by molar-refractivity contribution is 7.90. The molecule has 2 rings (SSSR count). The van der Waals surface area contributed by atoms with Gasteiger partial charge in [0.25, 0.3) is 0 Å². The Kier molecular flexibility index (Phi) is 3.73. The number of fused-ring (bicyclic) bond motifs is 1. The van der Waals surface area contributed by atoms with Crippen LogP contribution in [0.1, 0.15) is 18.1 Å². The second-order valence-corrected chi connectivity index (χ2v) is 6.90. The van der Waals surface area contributed by atoms with E-state index in [9.17, 15) is 8.42 Å². The Morgan fingerprint density at radius 3 is 2.63 bits per heavy atom. The third kappa shape index (κ3) is 2.69. The van der Waals surface area contributed by atoms with E-state index in [-0.39, 0.29) is 0 Å². The van der Waals surface area contributed by atoms with E-state index < -0.39 is 10.2 Å². The molecule has 1 aromatic rings. The second kappa shape index (κ2) is 5.02. The lowest BCUT2D eigenvalue weighted by molar-refractivity contribution is 0.527. The van der Waals surface area contributed by atoms with Gasteiger partial charge in [-0.25, -0.2) is 0 Å². The molecule has 0 bridgehead atoms. The van der Waals surface area contributed by atoms with Gasteiger partial charge in [-0.1, -0.05) is 6.07 Å². The number of nitrogens with zero attached hydrogens (tertiary/aromatic N) is 2. The average Bonchev–Trinajstić information content (AvgIpc) is 2.71. The standard InChI is InChI=1S/C13H21N3O2S/c1-5-16-7-6-11-8-10(2)12(9-13(11)16)14-19(17,18)15(3)4/h8-9,14H,5-7H2,1-4H3. The topological polar surface area (TPSA) is 52.7 Å². The van der Waals surface area contributed by atoms with Crippen molar-refractivity contribution >= 4 is 21.6 Å². The number of benzene rings is 1. The molecule has 0 saturated heterocycles. The van der Waals surface area contributed by atoms with Crippen LogP contribution >= 0.6 is 0 Å². The van der Waals surface area contributed by atoms with Gasteiger partial charge in [-0.2, -0.15) is 12.7 Å². The Morgan fingerprint density at radius 2 is 2.05 bits per heavy atom. The molecular weight excluding hydrogens is 262 g/mol. The largest absolute Gasteiger partial charge is 0.371 e. The van der Waals surface area contributed by atoms with Crippen LogP contribution in [0.3, 0.4) is 0 Å². The number of nitrogens with one attached hydrogen (secondary N) is 1. The molecule has 1 aliphatic heterocycles. The van der Waals surface area contributed by atoms with Crippen molar-refractivity contribution in [1.29, 1.82) is 0 Å². The van der Waals surface area contributed by atoms with E-state index in [0.717, 1.165) is 30.8 Å². The van der Waals surface area contributed by atoms with Gasteiger partial charge >= 0.3 is 10.2 Å². The van der Waals surface area contributed by atoms with Crippen LogP contribution in [0.2, 0.25) is 0 Å². The summed E-state index contributed by atoms with van der Waals surface area (Å²) in [6, 6.07) is 4.03. The normalized spacial score (nSPS) is 14.9. The lowest BCUT2D eigenvalue weighted by Crippen LogP contribution is -2.29. The molecule has 1 N–H and O–H groups in total. The minimum absolute atomic E-state index is 0.660. The molecule has 6 heteroatoms. The van der Waals surface area contributed by atoms with E-state index >= 15 is 0 Å². The first kappa shape index (κ1) is 14.1. The van der Waals surface area contributed by atoms with E-state index in [4.69, 9.17) is 0 Å². The Balaban J connectivity index is 2.38. The van der Waals surface area contributed by atoms with Gasteiger partial charge in [0.1, 0.15) is 0 Å². The van der Waals surface area contributed by atoms with Crippen LogP contribution in [0.15, 0.2) is 12.1 Å². The van der Waals surface area contributed by atoms with Crippen molar-refractivity contribution in [2.75, 3.05) is 36.8 Å². The van der Waals surface area contributed by atoms with Crippen LogP contribution in [0.4, 0.5) is 11.4 Å². The van der Waals surface area contributed by atoms with Gasteiger partial charge in [-0.15, -0.1) is 0 Å². The van der Waals surface area contributed by atoms with Crippen LogP contribution in [0.25, 0.3) is 0 Å². The average molecular weight is 283 g/mol. The van der Waals surface area contributed by atoms with Gasteiger partial charge < -0.3 is 4.90 Å². The third-order valence-corrected chi connectivity index (χ3v) is 4.96. The molecule has 0 spiro atoms. The Bertz CT molecular complexity index is 582. The zero-order valence-corrected chi connectivity index (χ0v) is 12.7. The fourth-order valence-corrected chi connectivity index (χ4v) is 2.98. The number of likely N-dealkylation sites (N-methyl/N-ethyl adjacent to an activating group) is 1. The maximum absolute atomic E-state index is 11.9. The minimum atomic E-state index is -3.45. The van der Waals surface area contributed by atoms with Gasteiger partial charge in [0.15, 0.2) is 0 Å². The summed E-state index contributed by atoms with van der Waals surface area (Å²) >= 11 is 0. The zero-order valence-electron chi connectivity index (χ0n) is 11.9. The van der Waals surface area contributed by atoms with Gasteiger partial charge in [-0.3, -0.25) is 4.72 Å². The van der Waals surface area contributed by atoms with E-state index in [0.29, 0.717) is 5.69 Å². The van der Waals surface area contributed by atoms with Crippen molar-refractivity contribution in [3.8, 4) is 0 Å². The molecule has 0 atom stereocenters. The first-order valence-electron chi connectivity index (χ1n) is 6.44. The summed E-state index contributed by atoms with van der Waals surface area (Å²) in [5.41, 5.74) is 4.06. The summed E-state index contributed by atoms with van der Waals surface area (Å²) in [4.78, 5) is 2.27. The minimum Gasteiger partial charge on any atom is -0.371 e. The van der Waals surface area contributed by atoms with Crippen molar-refractivity contribution in [3.05, 3.63) is 23.3 Å². The van der Waals surface area contributed by atoms with Crippen molar-refractivity contribution in [3.63, 3.8) is 0 Å². The molecule has 19 heavy (non-hydrogen) atoms. The molecule has 0 aromatic heterocycles. The molecule has 5 nitrogen and oxygen atoms in total. The molecule has 0 aliphatic carbocycles. The molecule has 1 heterocycles. The van der Waals surface area contributed by atoms with Gasteiger partial charge in [0.05, 0.1) is 5.69 Å². The Labute approximate surface area is 115 Å². The second-order valence-electron chi connectivity index (χ2n) is 5.02.